The van der Waals surface area contributed by atoms with Gasteiger partial charge in [-0.05, 0) is 31.2 Å². The third-order valence-electron chi connectivity index (χ3n) is 3.22. The van der Waals surface area contributed by atoms with Crippen molar-refractivity contribution in [2.45, 2.75) is 19.3 Å². The van der Waals surface area contributed by atoms with Gasteiger partial charge in [0.15, 0.2) is 0 Å². The van der Waals surface area contributed by atoms with Gasteiger partial charge in [-0.25, -0.2) is 4.98 Å². The molecule has 0 bridgehead atoms. The third-order valence-corrected chi connectivity index (χ3v) is 4.38. The summed E-state index contributed by atoms with van der Waals surface area (Å²) in [5.74, 6) is 3.77. The van der Waals surface area contributed by atoms with Crippen LogP contribution in [-0.2, 0) is 0 Å². The predicted octanol–water partition coefficient (Wildman–Crippen LogP) is 2.45. The second-order valence-corrected chi connectivity index (χ2v) is 5.45. The average Bonchev–Trinajstić information content (AvgIpc) is 2.86. The summed E-state index contributed by atoms with van der Waals surface area (Å²) in [7, 11) is 0. The molecule has 0 amide bonds. The van der Waals surface area contributed by atoms with Crippen LogP contribution in [0.4, 0.5) is 5.82 Å². The van der Waals surface area contributed by atoms with E-state index >= 15 is 0 Å². The van der Waals surface area contributed by atoms with Gasteiger partial charge in [0.2, 0.25) is 0 Å². The molecule has 2 aromatic rings. The van der Waals surface area contributed by atoms with Crippen molar-refractivity contribution in [3.05, 3.63) is 29.6 Å². The zero-order chi connectivity index (χ0) is 11.1. The number of nitrogens with two attached hydrogens (primary N) is 1. The lowest BCUT2D eigenvalue weighted by atomic mass is 10.1. The third kappa shape index (κ3) is 1.40. The molecule has 0 aliphatic carbocycles. The number of fused-ring (bicyclic) bond motifs is 1. The molecule has 1 aliphatic rings. The fourth-order valence-electron chi connectivity index (χ4n) is 2.35. The van der Waals surface area contributed by atoms with E-state index < -0.39 is 0 Å². The molecule has 4 heteroatoms. The molecule has 0 saturated carbocycles. The Balaban J connectivity index is 2.19. The first-order valence-electron chi connectivity index (χ1n) is 5.58. The first kappa shape index (κ1) is 10.0. The summed E-state index contributed by atoms with van der Waals surface area (Å²) in [6, 6.07) is 6.12. The Hall–Kier alpha value is -1.16. The Morgan fingerprint density at radius 1 is 1.50 bits per heavy atom. The molecule has 2 N–H and O–H groups in total. The van der Waals surface area contributed by atoms with Crippen LogP contribution in [0, 0.1) is 6.92 Å². The number of nitrogen functional groups attached to an aromatic ring is 1. The van der Waals surface area contributed by atoms with Crippen LogP contribution in [0.15, 0.2) is 18.2 Å². The Labute approximate surface area is 99.1 Å². The highest BCUT2D eigenvalue weighted by molar-refractivity contribution is 7.99. The lowest BCUT2D eigenvalue weighted by Crippen LogP contribution is -2.03. The van der Waals surface area contributed by atoms with Gasteiger partial charge < -0.3 is 5.73 Å². The van der Waals surface area contributed by atoms with Gasteiger partial charge in [-0.3, -0.25) is 4.40 Å². The van der Waals surface area contributed by atoms with E-state index in [1.807, 2.05) is 23.9 Å². The van der Waals surface area contributed by atoms with Crippen molar-refractivity contribution in [1.82, 2.24) is 9.38 Å². The van der Waals surface area contributed by atoms with Crippen LogP contribution in [0.25, 0.3) is 5.65 Å². The van der Waals surface area contributed by atoms with E-state index in [1.165, 1.54) is 12.2 Å². The number of hydrogen-bond acceptors (Lipinski definition) is 3. The van der Waals surface area contributed by atoms with Gasteiger partial charge >= 0.3 is 0 Å². The van der Waals surface area contributed by atoms with E-state index in [2.05, 4.69) is 22.4 Å². The van der Waals surface area contributed by atoms with E-state index in [0.717, 1.165) is 28.6 Å². The summed E-state index contributed by atoms with van der Waals surface area (Å²) < 4.78 is 2.05. The van der Waals surface area contributed by atoms with Gasteiger partial charge in [0.1, 0.15) is 11.5 Å². The van der Waals surface area contributed by atoms with Crippen LogP contribution in [0.3, 0.4) is 0 Å². The van der Waals surface area contributed by atoms with Crippen LogP contribution < -0.4 is 5.73 Å². The van der Waals surface area contributed by atoms with E-state index in [0.29, 0.717) is 5.92 Å². The van der Waals surface area contributed by atoms with Crippen LogP contribution in [0.2, 0.25) is 0 Å². The highest BCUT2D eigenvalue weighted by Crippen LogP contribution is 2.35. The van der Waals surface area contributed by atoms with Gasteiger partial charge in [-0.2, -0.15) is 11.8 Å². The highest BCUT2D eigenvalue weighted by Gasteiger charge is 2.23. The lowest BCUT2D eigenvalue weighted by Gasteiger charge is -2.06. The first-order valence-corrected chi connectivity index (χ1v) is 6.74. The number of aromatic nitrogens is 2. The zero-order valence-corrected chi connectivity index (χ0v) is 10.1. The minimum Gasteiger partial charge on any atom is -0.383 e. The molecule has 0 radical (unpaired) electrons. The molecular formula is C12H15N3S. The van der Waals surface area contributed by atoms with Crippen molar-refractivity contribution in [3.63, 3.8) is 0 Å². The average molecular weight is 233 g/mol. The number of aryl methyl sites for hydroxylation is 1. The van der Waals surface area contributed by atoms with Gasteiger partial charge in [-0.1, -0.05) is 6.07 Å². The number of anilines is 1. The normalized spacial score (nSPS) is 20.7. The molecule has 0 aromatic carbocycles. The fraction of sp³-hybridized carbons (Fsp3) is 0.417. The van der Waals surface area contributed by atoms with E-state index in [9.17, 15) is 0 Å². The van der Waals surface area contributed by atoms with Gasteiger partial charge in [0, 0.05) is 17.4 Å². The SMILES string of the molecule is Cc1cccc2nc(C3CCSC3)c(N)n12. The van der Waals surface area contributed by atoms with Crippen LogP contribution in [-0.4, -0.2) is 20.9 Å². The lowest BCUT2D eigenvalue weighted by molar-refractivity contribution is 0.762. The van der Waals surface area contributed by atoms with Crippen molar-refractivity contribution < 1.29 is 0 Å². The Morgan fingerprint density at radius 2 is 2.38 bits per heavy atom. The maximum absolute atomic E-state index is 6.21. The Bertz CT molecular complexity index is 526. The van der Waals surface area contributed by atoms with Gasteiger partial charge in [0.05, 0.1) is 5.69 Å². The van der Waals surface area contributed by atoms with E-state index in [1.54, 1.807) is 0 Å². The number of rotatable bonds is 1. The molecule has 1 saturated heterocycles. The van der Waals surface area contributed by atoms with Crippen LogP contribution in [0.5, 0.6) is 0 Å². The van der Waals surface area contributed by atoms with E-state index in [-0.39, 0.29) is 0 Å². The predicted molar refractivity (Wildman–Crippen MR) is 69.0 cm³/mol. The summed E-state index contributed by atoms with van der Waals surface area (Å²) in [5, 5.41) is 0. The molecule has 3 nitrogen and oxygen atoms in total. The van der Waals surface area contributed by atoms with Gasteiger partial charge in [-0.15, -0.1) is 0 Å². The molecule has 16 heavy (non-hydrogen) atoms. The summed E-state index contributed by atoms with van der Waals surface area (Å²) in [5.41, 5.74) is 9.44. The molecule has 1 unspecified atom stereocenters. The molecule has 1 atom stereocenters. The second kappa shape index (κ2) is 3.70. The first-order chi connectivity index (χ1) is 7.77. The minimum atomic E-state index is 0.546. The van der Waals surface area contributed by atoms with Gasteiger partial charge in [0.25, 0.3) is 0 Å². The molecule has 1 fully saturated rings. The standard InChI is InChI=1S/C12H15N3S/c1-8-3-2-4-10-14-11(12(13)15(8)10)9-5-6-16-7-9/h2-4,9H,5-7,13H2,1H3. The summed E-state index contributed by atoms with van der Waals surface area (Å²) in [6.45, 7) is 2.07. The van der Waals surface area contributed by atoms with Crippen molar-refractivity contribution in [1.29, 1.82) is 0 Å². The molecule has 1 aliphatic heterocycles. The number of imidazole rings is 1. The topological polar surface area (TPSA) is 43.3 Å². The smallest absolute Gasteiger partial charge is 0.138 e. The number of nitrogens with zero attached hydrogens (tertiary/aromatic N) is 2. The van der Waals surface area contributed by atoms with Crippen molar-refractivity contribution in [3.8, 4) is 0 Å². The van der Waals surface area contributed by atoms with E-state index in [4.69, 9.17) is 5.73 Å². The minimum absolute atomic E-state index is 0.546. The molecule has 2 aromatic heterocycles. The second-order valence-electron chi connectivity index (χ2n) is 4.30. The van der Waals surface area contributed by atoms with Crippen molar-refractivity contribution in [2.75, 3.05) is 17.2 Å². The quantitative estimate of drug-likeness (QED) is 0.822. The maximum Gasteiger partial charge on any atom is 0.138 e. The number of pyridine rings is 1. The molecule has 0 spiro atoms. The molecule has 84 valence electrons. The van der Waals surface area contributed by atoms with Crippen LogP contribution in [0.1, 0.15) is 23.7 Å². The summed E-state index contributed by atoms with van der Waals surface area (Å²) >= 11 is 2.00. The molecule has 3 rings (SSSR count). The molecule has 3 heterocycles. The maximum atomic E-state index is 6.21. The Morgan fingerprint density at radius 3 is 3.06 bits per heavy atom. The number of hydrogen-bond donors (Lipinski definition) is 1. The summed E-state index contributed by atoms with van der Waals surface area (Å²) in [4.78, 5) is 4.68. The largest absolute Gasteiger partial charge is 0.383 e. The summed E-state index contributed by atoms with van der Waals surface area (Å²) in [6.07, 6.45) is 1.21. The monoisotopic (exact) mass is 233 g/mol. The van der Waals surface area contributed by atoms with Crippen molar-refractivity contribution >= 4 is 23.2 Å². The fourth-order valence-corrected chi connectivity index (χ4v) is 3.58. The molecular weight excluding hydrogens is 218 g/mol. The van der Waals surface area contributed by atoms with Crippen molar-refractivity contribution in [2.24, 2.45) is 0 Å². The highest BCUT2D eigenvalue weighted by atomic mass is 32.2. The Kier molecular flexibility index (Phi) is 2.32. The van der Waals surface area contributed by atoms with Crippen LogP contribution >= 0.6 is 11.8 Å². The number of thioether (sulfide) groups is 1. The zero-order valence-electron chi connectivity index (χ0n) is 9.31.